The number of nitrogens with one attached hydrogen (secondary N) is 1. The molecule has 3 rings (SSSR count). The van der Waals surface area contributed by atoms with Crippen molar-refractivity contribution in [2.75, 3.05) is 0 Å². The highest BCUT2D eigenvalue weighted by Crippen LogP contribution is 2.24. The zero-order chi connectivity index (χ0) is 13.8. The van der Waals surface area contributed by atoms with Crippen LogP contribution in [0.3, 0.4) is 0 Å². The third-order valence-corrected chi connectivity index (χ3v) is 3.63. The Bertz CT molecular complexity index is 687. The van der Waals surface area contributed by atoms with Crippen molar-refractivity contribution < 1.29 is 0 Å². The Morgan fingerprint density at radius 2 is 1.85 bits per heavy atom. The highest BCUT2D eigenvalue weighted by molar-refractivity contribution is 5.86. The average molecular weight is 262 g/mol. The largest absolute Gasteiger partial charge is 0.306 e. The Morgan fingerprint density at radius 1 is 1.00 bits per heavy atom. The molecule has 2 aromatic carbocycles. The Hall–Kier alpha value is -2.19. The summed E-state index contributed by atoms with van der Waals surface area (Å²) in [7, 11) is 0. The molecule has 100 valence electrons. The summed E-state index contributed by atoms with van der Waals surface area (Å²) in [6.45, 7) is 3.04. The van der Waals surface area contributed by atoms with Crippen molar-refractivity contribution in [2.45, 2.75) is 19.5 Å². The average Bonchev–Trinajstić information content (AvgIpc) is 2.53. The summed E-state index contributed by atoms with van der Waals surface area (Å²) in [6.07, 6.45) is 3.71. The van der Waals surface area contributed by atoms with Crippen molar-refractivity contribution in [1.29, 1.82) is 0 Å². The molecule has 0 aliphatic rings. The van der Waals surface area contributed by atoms with Gasteiger partial charge in [0.1, 0.15) is 0 Å². The summed E-state index contributed by atoms with van der Waals surface area (Å²) in [5.41, 5.74) is 2.55. The van der Waals surface area contributed by atoms with Crippen LogP contribution in [-0.4, -0.2) is 4.98 Å². The summed E-state index contributed by atoms with van der Waals surface area (Å²) in [5, 5.41) is 6.18. The molecular weight excluding hydrogens is 244 g/mol. The van der Waals surface area contributed by atoms with Crippen LogP contribution in [0.15, 0.2) is 67.0 Å². The minimum Gasteiger partial charge on any atom is -0.306 e. The van der Waals surface area contributed by atoms with Gasteiger partial charge in [0.05, 0.1) is 0 Å². The van der Waals surface area contributed by atoms with E-state index in [2.05, 4.69) is 65.8 Å². The van der Waals surface area contributed by atoms with Gasteiger partial charge < -0.3 is 5.32 Å². The van der Waals surface area contributed by atoms with E-state index in [4.69, 9.17) is 0 Å². The molecule has 0 spiro atoms. The Kier molecular flexibility index (Phi) is 3.75. The van der Waals surface area contributed by atoms with Gasteiger partial charge in [-0.05, 0) is 34.9 Å². The standard InChI is InChI=1S/C18H18N2/c1-14(20-13-15-6-5-11-19-12-15)17-10-4-8-16-7-2-3-9-18(16)17/h2-12,14,20H,13H2,1H3. The van der Waals surface area contributed by atoms with Crippen molar-refractivity contribution >= 4 is 10.8 Å². The van der Waals surface area contributed by atoms with Gasteiger partial charge in [-0.15, -0.1) is 0 Å². The van der Waals surface area contributed by atoms with Crippen molar-refractivity contribution in [3.05, 3.63) is 78.1 Å². The first-order chi connectivity index (χ1) is 9.84. The number of rotatable bonds is 4. The number of hydrogen-bond donors (Lipinski definition) is 1. The molecule has 0 radical (unpaired) electrons. The lowest BCUT2D eigenvalue weighted by Crippen LogP contribution is -2.18. The maximum absolute atomic E-state index is 4.15. The molecule has 1 heterocycles. The number of fused-ring (bicyclic) bond motifs is 1. The van der Waals surface area contributed by atoms with Gasteiger partial charge in [-0.25, -0.2) is 0 Å². The maximum atomic E-state index is 4.15. The number of aromatic nitrogens is 1. The molecular formula is C18H18N2. The fraction of sp³-hybridized carbons (Fsp3) is 0.167. The van der Waals surface area contributed by atoms with E-state index in [1.54, 1.807) is 6.20 Å². The van der Waals surface area contributed by atoms with Gasteiger partial charge in [0.25, 0.3) is 0 Å². The third-order valence-electron chi connectivity index (χ3n) is 3.63. The molecule has 0 saturated heterocycles. The molecule has 1 atom stereocenters. The maximum Gasteiger partial charge on any atom is 0.0312 e. The monoisotopic (exact) mass is 262 g/mol. The van der Waals surface area contributed by atoms with E-state index in [0.717, 1.165) is 6.54 Å². The Morgan fingerprint density at radius 3 is 2.70 bits per heavy atom. The molecule has 0 saturated carbocycles. The lowest BCUT2D eigenvalue weighted by Gasteiger charge is -2.16. The number of nitrogens with zero attached hydrogens (tertiary/aromatic N) is 1. The van der Waals surface area contributed by atoms with Gasteiger partial charge in [-0.2, -0.15) is 0 Å². The van der Waals surface area contributed by atoms with Crippen molar-refractivity contribution in [3.8, 4) is 0 Å². The molecule has 1 aromatic heterocycles. The van der Waals surface area contributed by atoms with Crippen molar-refractivity contribution in [2.24, 2.45) is 0 Å². The van der Waals surface area contributed by atoms with Crippen LogP contribution in [-0.2, 0) is 6.54 Å². The summed E-state index contributed by atoms with van der Waals surface area (Å²) < 4.78 is 0. The molecule has 3 aromatic rings. The molecule has 0 fully saturated rings. The van der Waals surface area contributed by atoms with E-state index in [9.17, 15) is 0 Å². The molecule has 2 nitrogen and oxygen atoms in total. The summed E-state index contributed by atoms with van der Waals surface area (Å²) >= 11 is 0. The van der Waals surface area contributed by atoms with Crippen LogP contribution >= 0.6 is 0 Å². The van der Waals surface area contributed by atoms with E-state index >= 15 is 0 Å². The second-order valence-corrected chi connectivity index (χ2v) is 5.03. The Balaban J connectivity index is 1.80. The van der Waals surface area contributed by atoms with Crippen LogP contribution in [0, 0.1) is 0 Å². The number of hydrogen-bond acceptors (Lipinski definition) is 2. The highest BCUT2D eigenvalue weighted by atomic mass is 14.9. The molecule has 1 unspecified atom stereocenters. The SMILES string of the molecule is CC(NCc1cccnc1)c1cccc2ccccc12. The lowest BCUT2D eigenvalue weighted by molar-refractivity contribution is 0.577. The minimum atomic E-state index is 0.307. The predicted molar refractivity (Wildman–Crippen MR) is 83.4 cm³/mol. The zero-order valence-electron chi connectivity index (χ0n) is 11.6. The summed E-state index contributed by atoms with van der Waals surface area (Å²) in [6, 6.07) is 19.4. The molecule has 2 heteroatoms. The van der Waals surface area contributed by atoms with E-state index in [-0.39, 0.29) is 0 Å². The molecule has 0 aliphatic heterocycles. The number of pyridine rings is 1. The first kappa shape index (κ1) is 12.8. The molecule has 0 aliphatic carbocycles. The van der Waals surface area contributed by atoms with Gasteiger partial charge in [0.15, 0.2) is 0 Å². The second-order valence-electron chi connectivity index (χ2n) is 5.03. The lowest BCUT2D eigenvalue weighted by atomic mass is 9.99. The van der Waals surface area contributed by atoms with E-state index in [1.165, 1.54) is 21.9 Å². The topological polar surface area (TPSA) is 24.9 Å². The first-order valence-corrected chi connectivity index (χ1v) is 6.94. The molecule has 1 N–H and O–H groups in total. The normalized spacial score (nSPS) is 12.4. The quantitative estimate of drug-likeness (QED) is 0.766. The fourth-order valence-corrected chi connectivity index (χ4v) is 2.51. The molecule has 20 heavy (non-hydrogen) atoms. The van der Waals surface area contributed by atoms with Crippen LogP contribution in [0.25, 0.3) is 10.8 Å². The van der Waals surface area contributed by atoms with Gasteiger partial charge in [-0.3, -0.25) is 4.98 Å². The Labute approximate surface area is 119 Å². The van der Waals surface area contributed by atoms with E-state index < -0.39 is 0 Å². The van der Waals surface area contributed by atoms with Crippen molar-refractivity contribution in [1.82, 2.24) is 10.3 Å². The third kappa shape index (κ3) is 2.70. The molecule has 0 amide bonds. The van der Waals surface area contributed by atoms with Crippen molar-refractivity contribution in [3.63, 3.8) is 0 Å². The van der Waals surface area contributed by atoms with Gasteiger partial charge in [0.2, 0.25) is 0 Å². The van der Waals surface area contributed by atoms with Crippen LogP contribution in [0.5, 0.6) is 0 Å². The first-order valence-electron chi connectivity index (χ1n) is 6.94. The molecule has 0 bridgehead atoms. The highest BCUT2D eigenvalue weighted by Gasteiger charge is 2.08. The van der Waals surface area contributed by atoms with Crippen LogP contribution in [0.4, 0.5) is 0 Å². The van der Waals surface area contributed by atoms with Gasteiger partial charge in [0, 0.05) is 25.0 Å². The van der Waals surface area contributed by atoms with E-state index in [0.29, 0.717) is 6.04 Å². The summed E-state index contributed by atoms with van der Waals surface area (Å²) in [5.74, 6) is 0. The van der Waals surface area contributed by atoms with Gasteiger partial charge >= 0.3 is 0 Å². The fourth-order valence-electron chi connectivity index (χ4n) is 2.51. The minimum absolute atomic E-state index is 0.307. The smallest absolute Gasteiger partial charge is 0.0312 e. The predicted octanol–water partition coefficient (Wildman–Crippen LogP) is 4.09. The summed E-state index contributed by atoms with van der Waals surface area (Å²) in [4.78, 5) is 4.15. The van der Waals surface area contributed by atoms with E-state index in [1.807, 2.05) is 12.3 Å². The number of benzene rings is 2. The van der Waals surface area contributed by atoms with Crippen LogP contribution < -0.4 is 5.32 Å². The van der Waals surface area contributed by atoms with Crippen LogP contribution in [0.2, 0.25) is 0 Å². The zero-order valence-corrected chi connectivity index (χ0v) is 11.6. The van der Waals surface area contributed by atoms with Gasteiger partial charge in [-0.1, -0.05) is 48.5 Å². The second kappa shape index (κ2) is 5.85. The van der Waals surface area contributed by atoms with Crippen LogP contribution in [0.1, 0.15) is 24.1 Å².